The van der Waals surface area contributed by atoms with Crippen molar-refractivity contribution in [3.8, 4) is 17.6 Å². The van der Waals surface area contributed by atoms with Gasteiger partial charge in [-0.2, -0.15) is 5.26 Å². The van der Waals surface area contributed by atoms with Gasteiger partial charge in [-0.3, -0.25) is 4.79 Å². The van der Waals surface area contributed by atoms with Crippen molar-refractivity contribution < 1.29 is 9.53 Å². The highest BCUT2D eigenvalue weighted by atomic mass is 16.5. The van der Waals surface area contributed by atoms with E-state index >= 15 is 0 Å². The van der Waals surface area contributed by atoms with Crippen LogP contribution in [0.1, 0.15) is 34.3 Å². The second kappa shape index (κ2) is 7.81. The van der Waals surface area contributed by atoms with Crippen LogP contribution in [0.25, 0.3) is 0 Å². The molecule has 1 fully saturated rings. The van der Waals surface area contributed by atoms with Crippen molar-refractivity contribution >= 4 is 5.91 Å². The molecule has 0 radical (unpaired) electrons. The number of amides is 1. The normalized spacial score (nSPS) is 16.9. The van der Waals surface area contributed by atoms with E-state index in [1.807, 2.05) is 23.1 Å². The highest BCUT2D eigenvalue weighted by molar-refractivity contribution is 5.97. The van der Waals surface area contributed by atoms with Crippen LogP contribution in [0.3, 0.4) is 0 Å². The fraction of sp³-hybridized carbons (Fsp3) is 0.364. The van der Waals surface area contributed by atoms with Crippen LogP contribution in [0.15, 0.2) is 42.5 Å². The second-order valence-corrected chi connectivity index (χ2v) is 7.15. The van der Waals surface area contributed by atoms with Gasteiger partial charge >= 0.3 is 0 Å². The number of hydrogen-bond acceptors (Lipinski definition) is 4. The molecule has 2 aliphatic heterocycles. The Kier molecular flexibility index (Phi) is 5.08. The molecule has 2 heterocycles. The number of hydrogen-bond donors (Lipinski definition) is 0. The Morgan fingerprint density at radius 2 is 1.70 bits per heavy atom. The molecule has 0 spiro atoms. The first-order valence-electron chi connectivity index (χ1n) is 9.55. The molecule has 0 saturated carbocycles. The first-order chi connectivity index (χ1) is 13.2. The molecule has 27 heavy (non-hydrogen) atoms. The van der Waals surface area contributed by atoms with E-state index in [2.05, 4.69) is 11.0 Å². The Hall–Kier alpha value is -2.84. The number of likely N-dealkylation sites (tertiary alicyclic amines) is 1. The van der Waals surface area contributed by atoms with Gasteiger partial charge in [0.05, 0.1) is 11.6 Å². The van der Waals surface area contributed by atoms with E-state index in [0.29, 0.717) is 11.3 Å². The van der Waals surface area contributed by atoms with Crippen molar-refractivity contribution in [2.24, 2.45) is 0 Å². The molecular weight excluding hydrogens is 338 g/mol. The Morgan fingerprint density at radius 1 is 0.963 bits per heavy atom. The summed E-state index contributed by atoms with van der Waals surface area (Å²) < 4.78 is 5.88. The number of benzene rings is 2. The predicted molar refractivity (Wildman–Crippen MR) is 103 cm³/mol. The summed E-state index contributed by atoms with van der Waals surface area (Å²) >= 11 is 0. The molecule has 0 atom stereocenters. The molecule has 2 aromatic carbocycles. The standard InChI is InChI=1S/C22H23N3O2/c23-16-17-3-5-19(6-4-17)27-20-7-8-21-18(15-20)9-12-25(22(21)26)14-13-24-10-1-2-11-24/h3-8,15H,1-2,9-14H2. The lowest BCUT2D eigenvalue weighted by Gasteiger charge is -2.30. The van der Waals surface area contributed by atoms with Crippen LogP contribution >= 0.6 is 0 Å². The van der Waals surface area contributed by atoms with Crippen LogP contribution in [0, 0.1) is 11.3 Å². The molecule has 1 saturated heterocycles. The maximum absolute atomic E-state index is 12.8. The van der Waals surface area contributed by atoms with Crippen molar-refractivity contribution in [3.63, 3.8) is 0 Å². The third-order valence-electron chi connectivity index (χ3n) is 5.35. The van der Waals surface area contributed by atoms with Crippen molar-refractivity contribution in [2.75, 3.05) is 32.7 Å². The Morgan fingerprint density at radius 3 is 2.44 bits per heavy atom. The lowest BCUT2D eigenvalue weighted by atomic mass is 9.98. The third-order valence-corrected chi connectivity index (χ3v) is 5.35. The Bertz CT molecular complexity index is 864. The number of carbonyl (C=O) groups excluding carboxylic acids is 1. The lowest BCUT2D eigenvalue weighted by molar-refractivity contribution is 0.0724. The number of nitriles is 1. The molecule has 0 aliphatic carbocycles. The summed E-state index contributed by atoms with van der Waals surface area (Å²) in [6, 6.07) is 14.8. The van der Waals surface area contributed by atoms with Gasteiger partial charge in [0.25, 0.3) is 5.91 Å². The third kappa shape index (κ3) is 3.96. The summed E-state index contributed by atoms with van der Waals surface area (Å²) in [5, 5.41) is 8.87. The molecule has 0 aromatic heterocycles. The quantitative estimate of drug-likeness (QED) is 0.819. The summed E-state index contributed by atoms with van der Waals surface area (Å²) in [5.41, 5.74) is 2.44. The van der Waals surface area contributed by atoms with Crippen LogP contribution in [0.5, 0.6) is 11.5 Å². The van der Waals surface area contributed by atoms with Gasteiger partial charge in [0.1, 0.15) is 11.5 Å². The van der Waals surface area contributed by atoms with E-state index in [4.69, 9.17) is 10.00 Å². The van der Waals surface area contributed by atoms with Gasteiger partial charge in [-0.05, 0) is 80.4 Å². The highest BCUT2D eigenvalue weighted by Crippen LogP contribution is 2.27. The van der Waals surface area contributed by atoms with Crippen molar-refractivity contribution in [1.82, 2.24) is 9.80 Å². The minimum absolute atomic E-state index is 0.125. The van der Waals surface area contributed by atoms with E-state index in [0.717, 1.165) is 56.0 Å². The largest absolute Gasteiger partial charge is 0.457 e. The molecule has 0 bridgehead atoms. The maximum Gasteiger partial charge on any atom is 0.254 e. The number of carbonyl (C=O) groups is 1. The van der Waals surface area contributed by atoms with Gasteiger partial charge in [0.2, 0.25) is 0 Å². The molecule has 1 amide bonds. The monoisotopic (exact) mass is 361 g/mol. The summed E-state index contributed by atoms with van der Waals surface area (Å²) in [7, 11) is 0. The van der Waals surface area contributed by atoms with Gasteiger partial charge in [-0.15, -0.1) is 0 Å². The van der Waals surface area contributed by atoms with Crippen LogP contribution in [-0.4, -0.2) is 48.4 Å². The molecule has 2 aromatic rings. The van der Waals surface area contributed by atoms with Crippen molar-refractivity contribution in [3.05, 3.63) is 59.2 Å². The molecule has 5 nitrogen and oxygen atoms in total. The van der Waals surface area contributed by atoms with Crippen molar-refractivity contribution in [1.29, 1.82) is 5.26 Å². The summed E-state index contributed by atoms with van der Waals surface area (Å²) in [4.78, 5) is 17.2. The smallest absolute Gasteiger partial charge is 0.254 e. The van der Waals surface area contributed by atoms with Gasteiger partial charge in [-0.1, -0.05) is 0 Å². The van der Waals surface area contributed by atoms with Crippen LogP contribution in [0.4, 0.5) is 0 Å². The van der Waals surface area contributed by atoms with E-state index in [1.165, 1.54) is 12.8 Å². The minimum Gasteiger partial charge on any atom is -0.457 e. The SMILES string of the molecule is N#Cc1ccc(Oc2ccc3c(c2)CCN(CCN2CCCC2)C3=O)cc1. The van der Waals surface area contributed by atoms with E-state index < -0.39 is 0 Å². The van der Waals surface area contributed by atoms with Gasteiger partial charge in [-0.25, -0.2) is 0 Å². The van der Waals surface area contributed by atoms with Gasteiger partial charge < -0.3 is 14.5 Å². The summed E-state index contributed by atoms with van der Waals surface area (Å²) in [6.45, 7) is 4.87. The minimum atomic E-state index is 0.125. The fourth-order valence-corrected chi connectivity index (χ4v) is 3.79. The predicted octanol–water partition coefficient (Wildman–Crippen LogP) is 3.44. The zero-order valence-corrected chi connectivity index (χ0v) is 15.4. The van der Waals surface area contributed by atoms with E-state index in [9.17, 15) is 4.79 Å². The topological polar surface area (TPSA) is 56.6 Å². The number of nitrogens with zero attached hydrogens (tertiary/aromatic N) is 3. The maximum atomic E-state index is 12.8. The molecule has 2 aliphatic rings. The molecule has 4 rings (SSSR count). The first kappa shape index (κ1) is 17.6. The molecule has 5 heteroatoms. The first-order valence-corrected chi connectivity index (χ1v) is 9.55. The van der Waals surface area contributed by atoms with Crippen LogP contribution < -0.4 is 4.74 Å². The zero-order chi connectivity index (χ0) is 18.6. The molecule has 0 unspecified atom stereocenters. The van der Waals surface area contributed by atoms with Gasteiger partial charge in [0, 0.05) is 25.2 Å². The molecule has 0 N–H and O–H groups in total. The average molecular weight is 361 g/mol. The fourth-order valence-electron chi connectivity index (χ4n) is 3.79. The average Bonchev–Trinajstić information content (AvgIpc) is 3.22. The summed E-state index contributed by atoms with van der Waals surface area (Å²) in [5.74, 6) is 1.53. The lowest BCUT2D eigenvalue weighted by Crippen LogP contribution is -2.42. The highest BCUT2D eigenvalue weighted by Gasteiger charge is 2.25. The van der Waals surface area contributed by atoms with E-state index in [1.54, 1.807) is 24.3 Å². The Balaban J connectivity index is 1.42. The number of fused-ring (bicyclic) bond motifs is 1. The zero-order valence-electron chi connectivity index (χ0n) is 15.4. The van der Waals surface area contributed by atoms with Crippen LogP contribution in [0.2, 0.25) is 0 Å². The number of rotatable bonds is 5. The second-order valence-electron chi connectivity index (χ2n) is 7.15. The van der Waals surface area contributed by atoms with Gasteiger partial charge in [0.15, 0.2) is 0 Å². The molecule has 138 valence electrons. The Labute approximate surface area is 159 Å². The summed E-state index contributed by atoms with van der Waals surface area (Å²) in [6.07, 6.45) is 3.41. The molecular formula is C22H23N3O2. The van der Waals surface area contributed by atoms with Crippen molar-refractivity contribution in [2.45, 2.75) is 19.3 Å². The van der Waals surface area contributed by atoms with Crippen LogP contribution in [-0.2, 0) is 6.42 Å². The van der Waals surface area contributed by atoms with E-state index in [-0.39, 0.29) is 5.91 Å². The number of ether oxygens (including phenoxy) is 1.